The lowest BCUT2D eigenvalue weighted by Crippen LogP contribution is -2.34. The van der Waals surface area contributed by atoms with Crippen molar-refractivity contribution in [2.75, 3.05) is 0 Å². The fourth-order valence-electron chi connectivity index (χ4n) is 3.10. The molecular formula is C21H30N+. The lowest BCUT2D eigenvalue weighted by molar-refractivity contribution is -0.661. The molecule has 0 unspecified atom stereocenters. The zero-order valence-corrected chi connectivity index (χ0v) is 15.2. The van der Waals surface area contributed by atoms with Gasteiger partial charge in [-0.3, -0.25) is 0 Å². The van der Waals surface area contributed by atoms with E-state index in [1.54, 1.807) is 0 Å². The molecule has 0 fully saturated rings. The Balaban J connectivity index is 2.65. The van der Waals surface area contributed by atoms with Crippen LogP contribution in [0.25, 0.3) is 11.3 Å². The molecule has 22 heavy (non-hydrogen) atoms. The van der Waals surface area contributed by atoms with E-state index in [1.807, 2.05) is 0 Å². The first-order valence-corrected chi connectivity index (χ1v) is 8.29. The molecule has 118 valence electrons. The molecule has 1 aromatic carbocycles. The topological polar surface area (TPSA) is 3.88 Å². The second-order valence-corrected chi connectivity index (χ2v) is 7.87. The van der Waals surface area contributed by atoms with E-state index >= 15 is 0 Å². The first-order valence-electron chi connectivity index (χ1n) is 8.29. The Morgan fingerprint density at radius 2 is 1.73 bits per heavy atom. The first-order chi connectivity index (χ1) is 10.2. The molecule has 0 saturated heterocycles. The molecule has 0 aliphatic rings. The van der Waals surface area contributed by atoms with Gasteiger partial charge in [0.25, 0.3) is 0 Å². The lowest BCUT2D eigenvalue weighted by Gasteiger charge is -2.23. The number of aromatic nitrogens is 1. The van der Waals surface area contributed by atoms with Crippen LogP contribution in [-0.4, -0.2) is 0 Å². The van der Waals surface area contributed by atoms with Crippen LogP contribution in [-0.2, 0) is 18.9 Å². The van der Waals surface area contributed by atoms with Crippen molar-refractivity contribution < 1.29 is 4.57 Å². The summed E-state index contributed by atoms with van der Waals surface area (Å²) >= 11 is 0. The lowest BCUT2D eigenvalue weighted by atomic mass is 9.82. The van der Waals surface area contributed by atoms with E-state index < -0.39 is 0 Å². The third-order valence-electron chi connectivity index (χ3n) is 4.22. The average molecular weight is 296 g/mol. The maximum atomic E-state index is 2.41. The third kappa shape index (κ3) is 3.58. The van der Waals surface area contributed by atoms with Gasteiger partial charge in [-0.2, -0.15) is 0 Å². The molecule has 0 saturated carbocycles. The van der Waals surface area contributed by atoms with Gasteiger partial charge >= 0.3 is 0 Å². The molecule has 1 aromatic heterocycles. The molecule has 0 bridgehead atoms. The molecule has 0 aliphatic heterocycles. The summed E-state index contributed by atoms with van der Waals surface area (Å²) in [6.07, 6.45) is 3.46. The van der Waals surface area contributed by atoms with Crippen LogP contribution >= 0.6 is 0 Å². The minimum Gasteiger partial charge on any atom is -0.201 e. The quantitative estimate of drug-likeness (QED) is 0.703. The van der Waals surface area contributed by atoms with Crippen molar-refractivity contribution >= 4 is 0 Å². The van der Waals surface area contributed by atoms with Crippen LogP contribution < -0.4 is 4.57 Å². The second-order valence-electron chi connectivity index (χ2n) is 7.87. The van der Waals surface area contributed by atoms with E-state index in [0.717, 1.165) is 6.42 Å². The van der Waals surface area contributed by atoms with Crippen LogP contribution in [0, 0.1) is 12.8 Å². The Labute approximate surface area is 136 Å². The molecule has 0 radical (unpaired) electrons. The van der Waals surface area contributed by atoms with E-state index in [0.29, 0.717) is 5.92 Å². The molecule has 1 nitrogen and oxygen atoms in total. The Kier molecular flexibility index (Phi) is 4.75. The maximum absolute atomic E-state index is 2.41. The van der Waals surface area contributed by atoms with Gasteiger partial charge < -0.3 is 0 Å². The van der Waals surface area contributed by atoms with Crippen LogP contribution in [0.15, 0.2) is 36.5 Å². The van der Waals surface area contributed by atoms with E-state index in [1.165, 1.54) is 27.9 Å². The summed E-state index contributed by atoms with van der Waals surface area (Å²) in [4.78, 5) is 0. The Bertz CT molecular complexity index is 660. The van der Waals surface area contributed by atoms with Gasteiger partial charge in [0.2, 0.25) is 5.69 Å². The highest BCUT2D eigenvalue weighted by molar-refractivity contribution is 5.61. The number of aryl methyl sites for hydroxylation is 2. The van der Waals surface area contributed by atoms with Crippen molar-refractivity contribution in [1.82, 2.24) is 0 Å². The standard InChI is InChI=1S/C21H30N/c1-15(2)12-17-13-20(18-11-9-8-10-16(18)3)22(7)14-19(17)21(4,5)6/h8-11,13-15H,12H2,1-7H3/q+1. The van der Waals surface area contributed by atoms with Gasteiger partial charge in [0.1, 0.15) is 7.05 Å². The monoisotopic (exact) mass is 296 g/mol. The summed E-state index contributed by atoms with van der Waals surface area (Å²) in [5.41, 5.74) is 7.08. The van der Waals surface area contributed by atoms with Gasteiger partial charge in [-0.25, -0.2) is 4.57 Å². The average Bonchev–Trinajstić information content (AvgIpc) is 2.39. The van der Waals surface area contributed by atoms with Crippen LogP contribution in [0.2, 0.25) is 0 Å². The maximum Gasteiger partial charge on any atom is 0.212 e. The van der Waals surface area contributed by atoms with Crippen molar-refractivity contribution in [1.29, 1.82) is 0 Å². The fraction of sp³-hybridized carbons (Fsp3) is 0.476. The molecule has 2 rings (SSSR count). The molecule has 0 aliphatic carbocycles. The largest absolute Gasteiger partial charge is 0.212 e. The summed E-state index contributed by atoms with van der Waals surface area (Å²) in [7, 11) is 2.16. The van der Waals surface area contributed by atoms with Crippen LogP contribution in [0.1, 0.15) is 51.3 Å². The Hall–Kier alpha value is -1.63. The summed E-state index contributed by atoms with van der Waals surface area (Å²) in [6.45, 7) is 13.7. The van der Waals surface area contributed by atoms with Gasteiger partial charge in [-0.15, -0.1) is 0 Å². The van der Waals surface area contributed by atoms with Crippen LogP contribution in [0.4, 0.5) is 0 Å². The summed E-state index contributed by atoms with van der Waals surface area (Å²) in [6, 6.07) is 11.1. The molecule has 1 heteroatoms. The number of rotatable bonds is 3. The van der Waals surface area contributed by atoms with Gasteiger partial charge in [-0.1, -0.05) is 52.8 Å². The number of hydrogen-bond acceptors (Lipinski definition) is 0. The molecule has 1 heterocycles. The molecule has 0 atom stereocenters. The van der Waals surface area contributed by atoms with Gasteiger partial charge in [-0.05, 0) is 41.9 Å². The van der Waals surface area contributed by atoms with Crippen molar-refractivity contribution in [2.45, 2.75) is 53.4 Å². The zero-order chi connectivity index (χ0) is 16.5. The second kappa shape index (κ2) is 6.24. The smallest absolute Gasteiger partial charge is 0.201 e. The van der Waals surface area contributed by atoms with E-state index in [4.69, 9.17) is 0 Å². The number of pyridine rings is 1. The SMILES string of the molecule is Cc1ccccc1-c1cc(CC(C)C)c(C(C)(C)C)c[n+]1C. The molecule has 0 N–H and O–H groups in total. The molecule has 0 amide bonds. The highest BCUT2D eigenvalue weighted by Crippen LogP contribution is 2.30. The normalized spacial score (nSPS) is 12.0. The third-order valence-corrected chi connectivity index (χ3v) is 4.22. The summed E-state index contributed by atoms with van der Waals surface area (Å²) in [5, 5.41) is 0. The molecule has 0 spiro atoms. The minimum absolute atomic E-state index is 0.173. The van der Waals surface area contributed by atoms with Gasteiger partial charge in [0, 0.05) is 17.2 Å². The van der Waals surface area contributed by atoms with Gasteiger partial charge in [0.15, 0.2) is 6.20 Å². The number of benzene rings is 1. The predicted octanol–water partition coefficient (Wildman–Crippen LogP) is 4.98. The van der Waals surface area contributed by atoms with Crippen molar-refractivity contribution in [2.24, 2.45) is 13.0 Å². The molecular weight excluding hydrogens is 266 g/mol. The van der Waals surface area contributed by atoms with Crippen LogP contribution in [0.3, 0.4) is 0 Å². The number of hydrogen-bond donors (Lipinski definition) is 0. The van der Waals surface area contributed by atoms with Crippen molar-refractivity contribution in [3.8, 4) is 11.3 Å². The number of nitrogens with zero attached hydrogens (tertiary/aromatic N) is 1. The van der Waals surface area contributed by atoms with Crippen molar-refractivity contribution in [3.63, 3.8) is 0 Å². The first kappa shape index (κ1) is 16.7. The Morgan fingerprint density at radius 1 is 1.09 bits per heavy atom. The minimum atomic E-state index is 0.173. The highest BCUT2D eigenvalue weighted by atomic mass is 14.9. The van der Waals surface area contributed by atoms with Gasteiger partial charge in [0.05, 0.1) is 0 Å². The zero-order valence-electron chi connectivity index (χ0n) is 15.2. The van der Waals surface area contributed by atoms with E-state index in [-0.39, 0.29) is 5.41 Å². The fourth-order valence-corrected chi connectivity index (χ4v) is 3.10. The summed E-state index contributed by atoms with van der Waals surface area (Å²) < 4.78 is 2.28. The van der Waals surface area contributed by atoms with Crippen LogP contribution in [0.5, 0.6) is 0 Å². The van der Waals surface area contributed by atoms with E-state index in [2.05, 4.69) is 89.7 Å². The van der Waals surface area contributed by atoms with E-state index in [9.17, 15) is 0 Å². The summed E-state index contributed by atoms with van der Waals surface area (Å²) in [5.74, 6) is 0.665. The molecule has 2 aromatic rings. The predicted molar refractivity (Wildman–Crippen MR) is 95.0 cm³/mol. The Morgan fingerprint density at radius 3 is 2.27 bits per heavy atom. The highest BCUT2D eigenvalue weighted by Gasteiger charge is 2.24. The van der Waals surface area contributed by atoms with Crippen molar-refractivity contribution in [3.05, 3.63) is 53.2 Å².